The van der Waals surface area contributed by atoms with Crippen LogP contribution in [-0.4, -0.2) is 17.1 Å². The average Bonchev–Trinajstić information content (AvgIpc) is 2.40. The molecule has 0 saturated heterocycles. The second-order valence-corrected chi connectivity index (χ2v) is 5.38. The van der Waals surface area contributed by atoms with Gasteiger partial charge in [0.15, 0.2) is 0 Å². The van der Waals surface area contributed by atoms with E-state index in [1.54, 1.807) is 18.2 Å². The summed E-state index contributed by atoms with van der Waals surface area (Å²) in [7, 11) is 0. The molecule has 0 unspecified atom stereocenters. The van der Waals surface area contributed by atoms with Crippen molar-refractivity contribution >= 4 is 50.9 Å². The van der Waals surface area contributed by atoms with Gasteiger partial charge in [0.05, 0.1) is 11.3 Å². The molecular weight excluding hydrogens is 360 g/mol. The molecule has 7 heteroatoms. The van der Waals surface area contributed by atoms with Crippen LogP contribution < -0.4 is 10.6 Å². The Balaban J connectivity index is 2.13. The highest BCUT2D eigenvalue weighted by molar-refractivity contribution is 9.10. The van der Waals surface area contributed by atoms with E-state index in [0.29, 0.717) is 11.4 Å². The number of para-hydroxylation sites is 1. The Hall–Kier alpha value is -2.05. The standard InChI is InChI=1S/C14H10BrClN2O3/c15-11-3-1-2-4-12(11)18-14(21)17-10-6-8(13(19)20)5-9(16)7-10/h1-7H,(H,19,20)(H2,17,18,21). The van der Waals surface area contributed by atoms with Crippen molar-refractivity contribution in [2.24, 2.45) is 0 Å². The summed E-state index contributed by atoms with van der Waals surface area (Å²) >= 11 is 9.13. The SMILES string of the molecule is O=C(Nc1cc(Cl)cc(C(=O)O)c1)Nc1ccccc1Br. The molecule has 3 N–H and O–H groups in total. The molecule has 2 amide bonds. The molecule has 2 rings (SSSR count). The van der Waals surface area contributed by atoms with Gasteiger partial charge in [-0.1, -0.05) is 23.7 Å². The van der Waals surface area contributed by atoms with Crippen molar-refractivity contribution in [3.8, 4) is 0 Å². The number of carbonyl (C=O) groups is 2. The van der Waals surface area contributed by atoms with Crippen molar-refractivity contribution in [3.05, 3.63) is 57.5 Å². The van der Waals surface area contributed by atoms with Crippen LogP contribution in [0.4, 0.5) is 16.2 Å². The van der Waals surface area contributed by atoms with Crippen LogP contribution in [0.5, 0.6) is 0 Å². The van der Waals surface area contributed by atoms with E-state index in [2.05, 4.69) is 26.6 Å². The number of carbonyl (C=O) groups excluding carboxylic acids is 1. The fourth-order valence-electron chi connectivity index (χ4n) is 1.63. The smallest absolute Gasteiger partial charge is 0.335 e. The van der Waals surface area contributed by atoms with E-state index in [4.69, 9.17) is 16.7 Å². The van der Waals surface area contributed by atoms with Gasteiger partial charge in [0.2, 0.25) is 0 Å². The first-order chi connectivity index (χ1) is 9.95. The van der Waals surface area contributed by atoms with E-state index < -0.39 is 12.0 Å². The number of amides is 2. The zero-order valence-corrected chi connectivity index (χ0v) is 12.9. The van der Waals surface area contributed by atoms with Gasteiger partial charge in [-0.25, -0.2) is 9.59 Å². The molecule has 0 heterocycles. The molecule has 5 nitrogen and oxygen atoms in total. The molecule has 0 bridgehead atoms. The lowest BCUT2D eigenvalue weighted by molar-refractivity contribution is 0.0697. The first kappa shape index (κ1) is 15.3. The van der Waals surface area contributed by atoms with Gasteiger partial charge >= 0.3 is 12.0 Å². The van der Waals surface area contributed by atoms with Crippen LogP contribution in [0.2, 0.25) is 5.02 Å². The number of hydrogen-bond donors (Lipinski definition) is 3. The zero-order valence-electron chi connectivity index (χ0n) is 10.6. The fraction of sp³-hybridized carbons (Fsp3) is 0. The lowest BCUT2D eigenvalue weighted by Gasteiger charge is -2.10. The number of hydrogen-bond acceptors (Lipinski definition) is 2. The van der Waals surface area contributed by atoms with Crippen molar-refractivity contribution in [1.82, 2.24) is 0 Å². The van der Waals surface area contributed by atoms with Crippen molar-refractivity contribution in [2.75, 3.05) is 10.6 Å². The second-order valence-electron chi connectivity index (χ2n) is 4.09. The van der Waals surface area contributed by atoms with Crippen molar-refractivity contribution in [1.29, 1.82) is 0 Å². The fourth-order valence-corrected chi connectivity index (χ4v) is 2.25. The zero-order chi connectivity index (χ0) is 15.4. The summed E-state index contributed by atoms with van der Waals surface area (Å²) in [6.45, 7) is 0. The Morgan fingerprint density at radius 2 is 1.81 bits per heavy atom. The number of aromatic carboxylic acids is 1. The lowest BCUT2D eigenvalue weighted by Crippen LogP contribution is -2.19. The molecule has 0 atom stereocenters. The maximum atomic E-state index is 11.9. The van der Waals surface area contributed by atoms with E-state index in [0.717, 1.165) is 4.47 Å². The first-order valence-electron chi connectivity index (χ1n) is 5.82. The Labute approximate surface area is 134 Å². The van der Waals surface area contributed by atoms with Gasteiger partial charge in [-0.2, -0.15) is 0 Å². The minimum Gasteiger partial charge on any atom is -0.478 e. The number of halogens is 2. The third kappa shape index (κ3) is 4.21. The molecule has 2 aromatic rings. The Morgan fingerprint density at radius 3 is 2.48 bits per heavy atom. The molecule has 0 aliphatic rings. The van der Waals surface area contributed by atoms with Gasteiger partial charge in [0.25, 0.3) is 0 Å². The summed E-state index contributed by atoms with van der Waals surface area (Å²) in [5, 5.41) is 14.3. The Bertz CT molecular complexity index is 706. The van der Waals surface area contributed by atoms with E-state index in [1.807, 2.05) is 6.07 Å². The van der Waals surface area contributed by atoms with Crippen LogP contribution in [0.25, 0.3) is 0 Å². The molecule has 0 aromatic heterocycles. The number of nitrogens with one attached hydrogen (secondary N) is 2. The van der Waals surface area contributed by atoms with Gasteiger partial charge in [-0.3, -0.25) is 0 Å². The van der Waals surface area contributed by atoms with Gasteiger partial charge < -0.3 is 15.7 Å². The number of anilines is 2. The number of carboxylic acids is 1. The maximum Gasteiger partial charge on any atom is 0.335 e. The number of urea groups is 1. The van der Waals surface area contributed by atoms with E-state index in [9.17, 15) is 9.59 Å². The number of rotatable bonds is 3. The van der Waals surface area contributed by atoms with Gasteiger partial charge in [0, 0.05) is 15.2 Å². The summed E-state index contributed by atoms with van der Waals surface area (Å²) in [5.41, 5.74) is 0.888. The van der Waals surface area contributed by atoms with Crippen LogP contribution >= 0.6 is 27.5 Å². The minimum atomic E-state index is -1.12. The summed E-state index contributed by atoms with van der Waals surface area (Å²) in [6.07, 6.45) is 0. The molecule has 0 aliphatic carbocycles. The topological polar surface area (TPSA) is 78.4 Å². The number of carboxylic acid groups (broad SMARTS) is 1. The largest absolute Gasteiger partial charge is 0.478 e. The second kappa shape index (κ2) is 6.60. The van der Waals surface area contributed by atoms with Crippen LogP contribution in [0.3, 0.4) is 0 Å². The van der Waals surface area contributed by atoms with Gasteiger partial charge in [-0.15, -0.1) is 0 Å². The van der Waals surface area contributed by atoms with Crippen molar-refractivity contribution in [3.63, 3.8) is 0 Å². The summed E-state index contributed by atoms with van der Waals surface area (Å²) in [4.78, 5) is 22.8. The highest BCUT2D eigenvalue weighted by atomic mass is 79.9. The highest BCUT2D eigenvalue weighted by Crippen LogP contribution is 2.22. The van der Waals surface area contributed by atoms with E-state index in [1.165, 1.54) is 18.2 Å². The minimum absolute atomic E-state index is 0.00121. The van der Waals surface area contributed by atoms with Gasteiger partial charge in [-0.05, 0) is 46.3 Å². The summed E-state index contributed by atoms with van der Waals surface area (Å²) in [5.74, 6) is -1.12. The molecule has 21 heavy (non-hydrogen) atoms. The molecular formula is C14H10BrClN2O3. The van der Waals surface area contributed by atoms with E-state index in [-0.39, 0.29) is 10.6 Å². The monoisotopic (exact) mass is 368 g/mol. The predicted molar refractivity (Wildman–Crippen MR) is 85.2 cm³/mol. The Morgan fingerprint density at radius 1 is 1.10 bits per heavy atom. The molecule has 108 valence electrons. The molecule has 0 fully saturated rings. The number of benzene rings is 2. The lowest BCUT2D eigenvalue weighted by atomic mass is 10.2. The third-order valence-electron chi connectivity index (χ3n) is 2.52. The maximum absolute atomic E-state index is 11.9. The Kier molecular flexibility index (Phi) is 4.82. The van der Waals surface area contributed by atoms with Gasteiger partial charge in [0.1, 0.15) is 0 Å². The van der Waals surface area contributed by atoms with E-state index >= 15 is 0 Å². The molecule has 0 saturated carbocycles. The van der Waals surface area contributed by atoms with Crippen molar-refractivity contribution < 1.29 is 14.7 Å². The summed E-state index contributed by atoms with van der Waals surface area (Å²) in [6, 6.07) is 10.7. The van der Waals surface area contributed by atoms with Crippen LogP contribution in [-0.2, 0) is 0 Å². The average molecular weight is 370 g/mol. The van der Waals surface area contributed by atoms with Crippen LogP contribution in [0, 0.1) is 0 Å². The third-order valence-corrected chi connectivity index (χ3v) is 3.43. The quantitative estimate of drug-likeness (QED) is 0.748. The first-order valence-corrected chi connectivity index (χ1v) is 6.99. The molecule has 0 spiro atoms. The molecule has 0 aliphatic heterocycles. The van der Waals surface area contributed by atoms with Crippen molar-refractivity contribution in [2.45, 2.75) is 0 Å². The predicted octanol–water partition coefficient (Wildman–Crippen LogP) is 4.44. The van der Waals surface area contributed by atoms with Crippen LogP contribution in [0.1, 0.15) is 10.4 Å². The highest BCUT2D eigenvalue weighted by Gasteiger charge is 2.09. The van der Waals surface area contributed by atoms with Crippen LogP contribution in [0.15, 0.2) is 46.9 Å². The molecule has 2 aromatic carbocycles. The normalized spacial score (nSPS) is 10.0. The summed E-state index contributed by atoms with van der Waals surface area (Å²) < 4.78 is 0.734. The molecule has 0 radical (unpaired) electrons.